The number of aryl methyl sites for hydroxylation is 2. The molecule has 1 aromatic heterocycles. The molecule has 0 unspecified atom stereocenters. The van der Waals surface area contributed by atoms with E-state index in [4.69, 9.17) is 10.2 Å². The summed E-state index contributed by atoms with van der Waals surface area (Å²) in [5.74, 6) is 0.808. The van der Waals surface area contributed by atoms with Crippen molar-refractivity contribution in [2.24, 2.45) is 5.73 Å². The van der Waals surface area contributed by atoms with Crippen LogP contribution in [0.1, 0.15) is 16.9 Å². The number of nitrogens with two attached hydrogens (primary N) is 1. The van der Waals surface area contributed by atoms with Crippen molar-refractivity contribution in [2.75, 3.05) is 0 Å². The number of primary amides is 1. The number of hydrogen-bond donors (Lipinski definition) is 1. The van der Waals surface area contributed by atoms with Gasteiger partial charge in [-0.3, -0.25) is 4.79 Å². The van der Waals surface area contributed by atoms with Crippen LogP contribution in [-0.4, -0.2) is 5.91 Å². The number of carbonyl (C=O) groups excluding carboxylic acids is 1. The molecule has 20 heavy (non-hydrogen) atoms. The first-order valence-electron chi connectivity index (χ1n) is 5.92. The predicted molar refractivity (Wildman–Crippen MR) is 87.2 cm³/mol. The Morgan fingerprint density at radius 1 is 1.15 bits per heavy atom. The standard InChI is InChI=1S/C15H13Br2NO2/c1-8-6-12(16)9(2)5-11(8)15-13(17)7-10(20-15)3-4-14(18)19/h3-7H,1-2H3,(H2,18,19)/b4-3+. The molecule has 3 nitrogen and oxygen atoms in total. The second kappa shape index (κ2) is 5.97. The highest BCUT2D eigenvalue weighted by atomic mass is 79.9. The van der Waals surface area contributed by atoms with Crippen molar-refractivity contribution in [3.8, 4) is 11.3 Å². The molecule has 0 aliphatic rings. The fourth-order valence-electron chi connectivity index (χ4n) is 1.84. The lowest BCUT2D eigenvalue weighted by atomic mass is 10.0. The molecule has 0 spiro atoms. The molecule has 2 rings (SSSR count). The quantitative estimate of drug-likeness (QED) is 0.768. The van der Waals surface area contributed by atoms with E-state index >= 15 is 0 Å². The molecule has 2 aromatic rings. The summed E-state index contributed by atoms with van der Waals surface area (Å²) in [5.41, 5.74) is 8.31. The Labute approximate surface area is 134 Å². The van der Waals surface area contributed by atoms with Crippen LogP contribution in [0.2, 0.25) is 0 Å². The third kappa shape index (κ3) is 3.22. The normalized spacial score (nSPS) is 11.2. The first kappa shape index (κ1) is 15.1. The van der Waals surface area contributed by atoms with Gasteiger partial charge in [-0.1, -0.05) is 15.9 Å². The lowest BCUT2D eigenvalue weighted by molar-refractivity contribution is -0.113. The molecule has 1 heterocycles. The van der Waals surface area contributed by atoms with Crippen molar-refractivity contribution in [3.05, 3.63) is 50.1 Å². The number of furan rings is 1. The van der Waals surface area contributed by atoms with Gasteiger partial charge >= 0.3 is 0 Å². The van der Waals surface area contributed by atoms with Gasteiger partial charge in [-0.05, 0) is 65.2 Å². The smallest absolute Gasteiger partial charge is 0.241 e. The average Bonchev–Trinajstić information content (AvgIpc) is 2.72. The van der Waals surface area contributed by atoms with E-state index in [1.807, 2.05) is 19.9 Å². The zero-order chi connectivity index (χ0) is 14.9. The summed E-state index contributed by atoms with van der Waals surface area (Å²) in [6.45, 7) is 4.05. The van der Waals surface area contributed by atoms with E-state index in [1.165, 1.54) is 6.08 Å². The Hall–Kier alpha value is -1.33. The summed E-state index contributed by atoms with van der Waals surface area (Å²) in [5, 5.41) is 0. The Kier molecular flexibility index (Phi) is 4.50. The second-order valence-electron chi connectivity index (χ2n) is 4.48. The maximum atomic E-state index is 10.7. The number of benzene rings is 1. The van der Waals surface area contributed by atoms with Crippen molar-refractivity contribution in [2.45, 2.75) is 13.8 Å². The zero-order valence-electron chi connectivity index (χ0n) is 11.0. The van der Waals surface area contributed by atoms with E-state index in [9.17, 15) is 4.79 Å². The third-order valence-electron chi connectivity index (χ3n) is 2.87. The van der Waals surface area contributed by atoms with Crippen LogP contribution in [0.5, 0.6) is 0 Å². The van der Waals surface area contributed by atoms with Gasteiger partial charge in [0.25, 0.3) is 0 Å². The Morgan fingerprint density at radius 2 is 1.85 bits per heavy atom. The first-order chi connectivity index (χ1) is 9.38. The van der Waals surface area contributed by atoms with Gasteiger partial charge in [0.15, 0.2) is 0 Å². The van der Waals surface area contributed by atoms with Crippen molar-refractivity contribution < 1.29 is 9.21 Å². The molecule has 0 atom stereocenters. The molecule has 0 saturated heterocycles. The predicted octanol–water partition coefficient (Wildman–Crippen LogP) is 4.59. The highest BCUT2D eigenvalue weighted by molar-refractivity contribution is 9.10. The molecular formula is C15H13Br2NO2. The van der Waals surface area contributed by atoms with Crippen LogP contribution in [0.4, 0.5) is 0 Å². The zero-order valence-corrected chi connectivity index (χ0v) is 14.2. The summed E-state index contributed by atoms with van der Waals surface area (Å²) in [6, 6.07) is 5.93. The Balaban J connectivity index is 2.48. The first-order valence-corrected chi connectivity index (χ1v) is 7.51. The minimum absolute atomic E-state index is 0.505. The summed E-state index contributed by atoms with van der Waals surface area (Å²) >= 11 is 6.99. The molecule has 0 radical (unpaired) electrons. The van der Waals surface area contributed by atoms with Gasteiger partial charge in [-0.15, -0.1) is 0 Å². The van der Waals surface area contributed by atoms with Gasteiger partial charge in [-0.2, -0.15) is 0 Å². The minimum atomic E-state index is -0.505. The highest BCUT2D eigenvalue weighted by Crippen LogP contribution is 2.36. The summed E-state index contributed by atoms with van der Waals surface area (Å²) in [7, 11) is 0. The second-order valence-corrected chi connectivity index (χ2v) is 6.19. The van der Waals surface area contributed by atoms with Crippen molar-refractivity contribution in [1.29, 1.82) is 0 Å². The lowest BCUT2D eigenvalue weighted by Crippen LogP contribution is -2.04. The summed E-state index contributed by atoms with van der Waals surface area (Å²) in [4.78, 5) is 10.7. The van der Waals surface area contributed by atoms with E-state index in [2.05, 4.69) is 44.0 Å². The maximum Gasteiger partial charge on any atom is 0.241 e. The SMILES string of the molecule is Cc1cc(-c2oc(/C=C/C(N)=O)cc2Br)c(C)cc1Br. The average molecular weight is 399 g/mol. The van der Waals surface area contributed by atoms with Crippen molar-refractivity contribution >= 4 is 43.8 Å². The van der Waals surface area contributed by atoms with E-state index in [0.717, 1.165) is 31.4 Å². The maximum absolute atomic E-state index is 10.7. The van der Waals surface area contributed by atoms with E-state index < -0.39 is 5.91 Å². The van der Waals surface area contributed by atoms with E-state index in [1.54, 1.807) is 6.08 Å². The van der Waals surface area contributed by atoms with Gasteiger partial charge in [0.2, 0.25) is 5.91 Å². The van der Waals surface area contributed by atoms with Gasteiger partial charge in [0, 0.05) is 16.1 Å². The van der Waals surface area contributed by atoms with Crippen molar-refractivity contribution in [3.63, 3.8) is 0 Å². The van der Waals surface area contributed by atoms with Crippen LogP contribution in [-0.2, 0) is 4.79 Å². The molecule has 0 aliphatic heterocycles. The minimum Gasteiger partial charge on any atom is -0.455 e. The van der Waals surface area contributed by atoms with Crippen LogP contribution < -0.4 is 5.73 Å². The van der Waals surface area contributed by atoms with Crippen LogP contribution in [0.15, 0.2) is 37.6 Å². The fraction of sp³-hybridized carbons (Fsp3) is 0.133. The lowest BCUT2D eigenvalue weighted by Gasteiger charge is -2.07. The number of halogens is 2. The molecule has 1 aromatic carbocycles. The van der Waals surface area contributed by atoms with Gasteiger partial charge in [0.1, 0.15) is 11.5 Å². The molecule has 0 aliphatic carbocycles. The Morgan fingerprint density at radius 3 is 2.50 bits per heavy atom. The monoisotopic (exact) mass is 397 g/mol. The molecule has 104 valence electrons. The Bertz CT molecular complexity index is 702. The van der Waals surface area contributed by atoms with Crippen LogP contribution >= 0.6 is 31.9 Å². The number of hydrogen-bond acceptors (Lipinski definition) is 2. The molecule has 0 bridgehead atoms. The molecule has 1 amide bonds. The third-order valence-corrected chi connectivity index (χ3v) is 4.31. The summed E-state index contributed by atoms with van der Waals surface area (Å²) in [6.07, 6.45) is 2.83. The van der Waals surface area contributed by atoms with Gasteiger partial charge in [0.05, 0.1) is 4.47 Å². The molecule has 0 saturated carbocycles. The highest BCUT2D eigenvalue weighted by Gasteiger charge is 2.13. The summed E-state index contributed by atoms with van der Waals surface area (Å²) < 4.78 is 7.67. The number of carbonyl (C=O) groups is 1. The van der Waals surface area contributed by atoms with Crippen LogP contribution in [0.25, 0.3) is 17.4 Å². The molecule has 5 heteroatoms. The largest absolute Gasteiger partial charge is 0.455 e. The van der Waals surface area contributed by atoms with Gasteiger partial charge < -0.3 is 10.2 Å². The topological polar surface area (TPSA) is 56.2 Å². The fourth-order valence-corrected chi connectivity index (χ4v) is 2.82. The number of rotatable bonds is 3. The molecule has 0 fully saturated rings. The van der Waals surface area contributed by atoms with Gasteiger partial charge in [-0.25, -0.2) is 0 Å². The van der Waals surface area contributed by atoms with E-state index in [-0.39, 0.29) is 0 Å². The van der Waals surface area contributed by atoms with Crippen LogP contribution in [0.3, 0.4) is 0 Å². The molecule has 2 N–H and O–H groups in total. The molecular weight excluding hydrogens is 386 g/mol. The van der Waals surface area contributed by atoms with Crippen LogP contribution in [0, 0.1) is 13.8 Å². The van der Waals surface area contributed by atoms with E-state index in [0.29, 0.717) is 5.76 Å². The van der Waals surface area contributed by atoms with Crippen molar-refractivity contribution in [1.82, 2.24) is 0 Å². The number of amides is 1.